The number of hydrogen-bond donors (Lipinski definition) is 1. The van der Waals surface area contributed by atoms with Gasteiger partial charge in [0.05, 0.1) is 6.04 Å². The number of likely N-dealkylation sites (N-methyl/N-ethyl adjacent to an activating group) is 2. The van der Waals surface area contributed by atoms with E-state index in [1.807, 2.05) is 32.3 Å². The third-order valence-electron chi connectivity index (χ3n) is 3.39. The van der Waals surface area contributed by atoms with Crippen molar-refractivity contribution in [2.45, 2.75) is 26.3 Å². The molecule has 1 rings (SSSR count). The molecule has 0 heterocycles. The van der Waals surface area contributed by atoms with Crippen LogP contribution in [0.25, 0.3) is 0 Å². The Morgan fingerprint density at radius 3 is 2.30 bits per heavy atom. The van der Waals surface area contributed by atoms with Crippen LogP contribution in [0, 0.1) is 5.92 Å². The van der Waals surface area contributed by atoms with Gasteiger partial charge >= 0.3 is 0 Å². The van der Waals surface area contributed by atoms with E-state index < -0.39 is 0 Å². The number of carbonyl (C=O) groups excluding carboxylic acids is 1. The molecule has 0 aliphatic carbocycles. The van der Waals surface area contributed by atoms with E-state index in [-0.39, 0.29) is 11.9 Å². The van der Waals surface area contributed by atoms with Crippen LogP contribution in [0.15, 0.2) is 30.3 Å². The number of anilines is 1. The molecule has 0 unspecified atom stereocenters. The molecule has 0 radical (unpaired) electrons. The molecular weight excluding hydrogens is 250 g/mol. The van der Waals surface area contributed by atoms with E-state index >= 15 is 0 Å². The Bertz CT molecular complexity index is 405. The van der Waals surface area contributed by atoms with Crippen molar-refractivity contribution >= 4 is 11.6 Å². The summed E-state index contributed by atoms with van der Waals surface area (Å²) >= 11 is 0. The van der Waals surface area contributed by atoms with Crippen LogP contribution in [-0.4, -0.2) is 44.0 Å². The number of para-hydroxylation sites is 1. The Morgan fingerprint density at radius 2 is 1.75 bits per heavy atom. The zero-order valence-corrected chi connectivity index (χ0v) is 13.0. The van der Waals surface area contributed by atoms with Crippen molar-refractivity contribution in [2.24, 2.45) is 11.7 Å². The Hall–Kier alpha value is -1.55. The smallest absolute Gasteiger partial charge is 0.239 e. The molecule has 0 aromatic heterocycles. The molecule has 1 atom stereocenters. The first-order valence-corrected chi connectivity index (χ1v) is 7.18. The molecule has 4 heteroatoms. The van der Waals surface area contributed by atoms with Crippen LogP contribution in [0.4, 0.5) is 5.69 Å². The second-order valence-electron chi connectivity index (χ2n) is 5.75. The zero-order chi connectivity index (χ0) is 15.1. The third kappa shape index (κ3) is 5.21. The standard InChI is InChI=1S/C16H27N3O/c1-13(2)12-15(17)16(20)19(4)11-10-18(3)14-8-6-5-7-9-14/h5-9,13,15H,10-12,17H2,1-4H3/t15-/m0/s1. The van der Waals surface area contributed by atoms with Gasteiger partial charge in [0.25, 0.3) is 0 Å². The van der Waals surface area contributed by atoms with E-state index in [4.69, 9.17) is 5.73 Å². The summed E-state index contributed by atoms with van der Waals surface area (Å²) in [6, 6.07) is 9.76. The Morgan fingerprint density at radius 1 is 1.15 bits per heavy atom. The highest BCUT2D eigenvalue weighted by atomic mass is 16.2. The SMILES string of the molecule is CC(C)C[C@H](N)C(=O)N(C)CCN(C)c1ccccc1. The number of hydrogen-bond acceptors (Lipinski definition) is 3. The Kier molecular flexibility index (Phi) is 6.52. The van der Waals surface area contributed by atoms with Crippen LogP contribution in [0.2, 0.25) is 0 Å². The third-order valence-corrected chi connectivity index (χ3v) is 3.39. The predicted molar refractivity (Wildman–Crippen MR) is 84.8 cm³/mol. The lowest BCUT2D eigenvalue weighted by Crippen LogP contribution is -2.44. The van der Waals surface area contributed by atoms with Gasteiger partial charge in [-0.15, -0.1) is 0 Å². The van der Waals surface area contributed by atoms with Crippen LogP contribution >= 0.6 is 0 Å². The lowest BCUT2D eigenvalue weighted by atomic mass is 10.0. The van der Waals surface area contributed by atoms with Crippen molar-refractivity contribution in [1.82, 2.24) is 4.90 Å². The molecule has 1 amide bonds. The minimum Gasteiger partial charge on any atom is -0.373 e. The number of amides is 1. The van der Waals surface area contributed by atoms with Crippen molar-refractivity contribution in [1.29, 1.82) is 0 Å². The minimum absolute atomic E-state index is 0.0279. The van der Waals surface area contributed by atoms with Gasteiger partial charge in [0.2, 0.25) is 5.91 Å². The summed E-state index contributed by atoms with van der Waals surface area (Å²) in [4.78, 5) is 16.0. The predicted octanol–water partition coefficient (Wildman–Crippen LogP) is 1.95. The first-order valence-electron chi connectivity index (χ1n) is 7.18. The fourth-order valence-corrected chi connectivity index (χ4v) is 2.11. The highest BCUT2D eigenvalue weighted by molar-refractivity contribution is 5.81. The van der Waals surface area contributed by atoms with E-state index in [1.165, 1.54) is 0 Å². The van der Waals surface area contributed by atoms with Gasteiger partial charge in [0.15, 0.2) is 0 Å². The van der Waals surface area contributed by atoms with Crippen LogP contribution in [0.5, 0.6) is 0 Å². The summed E-state index contributed by atoms with van der Waals surface area (Å²) in [7, 11) is 3.85. The molecule has 4 nitrogen and oxygen atoms in total. The van der Waals surface area contributed by atoms with Crippen molar-refractivity contribution in [3.05, 3.63) is 30.3 Å². The summed E-state index contributed by atoms with van der Waals surface area (Å²) in [5.41, 5.74) is 7.08. The quantitative estimate of drug-likeness (QED) is 0.829. The maximum absolute atomic E-state index is 12.1. The van der Waals surface area contributed by atoms with Gasteiger partial charge in [0, 0.05) is 32.9 Å². The number of benzene rings is 1. The zero-order valence-electron chi connectivity index (χ0n) is 13.0. The van der Waals surface area contributed by atoms with Gasteiger partial charge in [-0.1, -0.05) is 32.0 Å². The van der Waals surface area contributed by atoms with E-state index in [1.54, 1.807) is 4.90 Å². The van der Waals surface area contributed by atoms with Crippen LogP contribution < -0.4 is 10.6 Å². The van der Waals surface area contributed by atoms with E-state index in [2.05, 4.69) is 30.9 Å². The van der Waals surface area contributed by atoms with E-state index in [0.29, 0.717) is 12.5 Å². The van der Waals surface area contributed by atoms with Crippen molar-refractivity contribution < 1.29 is 4.79 Å². The molecule has 0 spiro atoms. The number of carbonyl (C=O) groups is 1. The van der Waals surface area contributed by atoms with Crippen molar-refractivity contribution in [2.75, 3.05) is 32.1 Å². The van der Waals surface area contributed by atoms with Crippen LogP contribution in [-0.2, 0) is 4.79 Å². The molecular formula is C16H27N3O. The molecule has 0 saturated heterocycles. The highest BCUT2D eigenvalue weighted by Gasteiger charge is 2.19. The molecule has 0 fully saturated rings. The summed E-state index contributed by atoms with van der Waals surface area (Å²) in [6.07, 6.45) is 0.734. The molecule has 0 aliphatic rings. The van der Waals surface area contributed by atoms with Gasteiger partial charge in [-0.3, -0.25) is 4.79 Å². The average molecular weight is 277 g/mol. The Labute approximate surface area is 122 Å². The van der Waals surface area contributed by atoms with Crippen molar-refractivity contribution in [3.8, 4) is 0 Å². The van der Waals surface area contributed by atoms with Crippen LogP contribution in [0.3, 0.4) is 0 Å². The maximum Gasteiger partial charge on any atom is 0.239 e. The maximum atomic E-state index is 12.1. The second kappa shape index (κ2) is 7.90. The summed E-state index contributed by atoms with van der Waals surface area (Å²) in [5, 5.41) is 0. The molecule has 20 heavy (non-hydrogen) atoms. The molecule has 2 N–H and O–H groups in total. The van der Waals surface area contributed by atoms with Gasteiger partial charge in [-0.05, 0) is 24.5 Å². The minimum atomic E-state index is -0.387. The fourth-order valence-electron chi connectivity index (χ4n) is 2.11. The summed E-state index contributed by atoms with van der Waals surface area (Å²) < 4.78 is 0. The van der Waals surface area contributed by atoms with E-state index in [0.717, 1.165) is 18.7 Å². The molecule has 112 valence electrons. The lowest BCUT2D eigenvalue weighted by Gasteiger charge is -2.26. The number of rotatable bonds is 7. The topological polar surface area (TPSA) is 49.6 Å². The average Bonchev–Trinajstić information content (AvgIpc) is 2.43. The largest absolute Gasteiger partial charge is 0.373 e. The number of nitrogens with two attached hydrogens (primary N) is 1. The molecule has 0 bridgehead atoms. The fraction of sp³-hybridized carbons (Fsp3) is 0.562. The summed E-state index contributed by atoms with van der Waals surface area (Å²) in [6.45, 7) is 5.63. The van der Waals surface area contributed by atoms with Crippen molar-refractivity contribution in [3.63, 3.8) is 0 Å². The van der Waals surface area contributed by atoms with Gasteiger partial charge in [0.1, 0.15) is 0 Å². The normalized spacial score (nSPS) is 12.3. The first kappa shape index (κ1) is 16.5. The lowest BCUT2D eigenvalue weighted by molar-refractivity contribution is -0.131. The van der Waals surface area contributed by atoms with Gasteiger partial charge in [-0.25, -0.2) is 0 Å². The first-order chi connectivity index (χ1) is 9.41. The van der Waals surface area contributed by atoms with Gasteiger partial charge < -0.3 is 15.5 Å². The Balaban J connectivity index is 2.43. The van der Waals surface area contributed by atoms with Gasteiger partial charge in [-0.2, -0.15) is 0 Å². The summed E-state index contributed by atoms with van der Waals surface area (Å²) in [5.74, 6) is 0.467. The molecule has 0 aliphatic heterocycles. The molecule has 1 aromatic rings. The molecule has 1 aromatic carbocycles. The molecule has 0 saturated carbocycles. The van der Waals surface area contributed by atoms with Crippen LogP contribution in [0.1, 0.15) is 20.3 Å². The highest BCUT2D eigenvalue weighted by Crippen LogP contribution is 2.11. The second-order valence-corrected chi connectivity index (χ2v) is 5.75. The number of nitrogens with zero attached hydrogens (tertiary/aromatic N) is 2. The van der Waals surface area contributed by atoms with E-state index in [9.17, 15) is 4.79 Å². The monoisotopic (exact) mass is 277 g/mol.